The zero-order chi connectivity index (χ0) is 16.6. The third-order valence-electron chi connectivity index (χ3n) is 3.88. The van der Waals surface area contributed by atoms with Crippen molar-refractivity contribution in [1.29, 1.82) is 0 Å². The summed E-state index contributed by atoms with van der Waals surface area (Å²) in [6, 6.07) is 3.50. The van der Waals surface area contributed by atoms with E-state index in [9.17, 15) is 14.9 Å². The molecule has 0 saturated carbocycles. The second kappa shape index (κ2) is 5.82. The second-order valence-electron chi connectivity index (χ2n) is 5.93. The first kappa shape index (κ1) is 15.2. The molecule has 3 heterocycles. The van der Waals surface area contributed by atoms with Crippen molar-refractivity contribution in [1.82, 2.24) is 19.5 Å². The van der Waals surface area contributed by atoms with Crippen molar-refractivity contribution in [2.45, 2.75) is 26.3 Å². The predicted octanol–water partition coefficient (Wildman–Crippen LogP) is 1.31. The molecule has 1 fully saturated rings. The van der Waals surface area contributed by atoms with Gasteiger partial charge in [-0.2, -0.15) is 0 Å². The number of nitrogens with zero attached hydrogens (tertiary/aromatic N) is 5. The molecule has 3 rings (SSSR count). The molecule has 1 atom stereocenters. The van der Waals surface area contributed by atoms with E-state index in [-0.39, 0.29) is 23.7 Å². The van der Waals surface area contributed by atoms with Crippen LogP contribution < -0.4 is 5.32 Å². The molecule has 0 radical (unpaired) electrons. The lowest BCUT2D eigenvalue weighted by Crippen LogP contribution is -2.34. The van der Waals surface area contributed by atoms with E-state index in [1.165, 1.54) is 10.7 Å². The SMILES string of the molecule is CC(C)C(=O)N1CCC(Nc2ccc3ncc([N+](=O)[O-])n3n2)C1. The number of hydrogen-bond donors (Lipinski definition) is 1. The number of anilines is 1. The van der Waals surface area contributed by atoms with Crippen molar-refractivity contribution in [2.24, 2.45) is 5.92 Å². The fraction of sp³-hybridized carbons (Fsp3) is 0.500. The highest BCUT2D eigenvalue weighted by Gasteiger charge is 2.28. The van der Waals surface area contributed by atoms with E-state index in [2.05, 4.69) is 15.4 Å². The molecule has 23 heavy (non-hydrogen) atoms. The van der Waals surface area contributed by atoms with Crippen molar-refractivity contribution in [2.75, 3.05) is 18.4 Å². The van der Waals surface area contributed by atoms with Gasteiger partial charge in [0.15, 0.2) is 5.82 Å². The van der Waals surface area contributed by atoms with Crippen molar-refractivity contribution in [3.8, 4) is 0 Å². The van der Waals surface area contributed by atoms with Gasteiger partial charge in [-0.1, -0.05) is 23.5 Å². The summed E-state index contributed by atoms with van der Waals surface area (Å²) < 4.78 is 1.20. The number of carbonyl (C=O) groups excluding carboxylic acids is 1. The molecule has 2 aromatic heterocycles. The van der Waals surface area contributed by atoms with Crippen LogP contribution in [0.1, 0.15) is 20.3 Å². The fourth-order valence-corrected chi connectivity index (χ4v) is 2.72. The van der Waals surface area contributed by atoms with Crippen molar-refractivity contribution < 1.29 is 9.72 Å². The molecule has 9 nitrogen and oxygen atoms in total. The van der Waals surface area contributed by atoms with Crippen LogP contribution in [0.3, 0.4) is 0 Å². The highest BCUT2D eigenvalue weighted by molar-refractivity contribution is 5.78. The lowest BCUT2D eigenvalue weighted by atomic mass is 10.2. The summed E-state index contributed by atoms with van der Waals surface area (Å²) in [6.07, 6.45) is 2.01. The smallest absolute Gasteiger partial charge is 0.362 e. The number of nitro groups is 1. The molecule has 2 aromatic rings. The number of aromatic nitrogens is 3. The fourth-order valence-electron chi connectivity index (χ4n) is 2.72. The van der Waals surface area contributed by atoms with Crippen molar-refractivity contribution >= 4 is 23.2 Å². The summed E-state index contributed by atoms with van der Waals surface area (Å²) in [6.45, 7) is 5.10. The Labute approximate surface area is 132 Å². The molecule has 1 unspecified atom stereocenters. The maximum absolute atomic E-state index is 12.0. The summed E-state index contributed by atoms with van der Waals surface area (Å²) in [5.74, 6) is 0.480. The van der Waals surface area contributed by atoms with E-state index in [1.807, 2.05) is 18.7 Å². The molecule has 1 amide bonds. The van der Waals surface area contributed by atoms with Crippen LogP contribution in [0.4, 0.5) is 11.6 Å². The molecule has 122 valence electrons. The van der Waals surface area contributed by atoms with Crippen molar-refractivity contribution in [3.63, 3.8) is 0 Å². The van der Waals surface area contributed by atoms with Gasteiger partial charge in [0, 0.05) is 31.1 Å². The first-order chi connectivity index (χ1) is 11.0. The highest BCUT2D eigenvalue weighted by Crippen LogP contribution is 2.18. The molecule has 1 N–H and O–H groups in total. The summed E-state index contributed by atoms with van der Waals surface area (Å²) in [5, 5.41) is 18.4. The lowest BCUT2D eigenvalue weighted by molar-refractivity contribution is -0.391. The van der Waals surface area contributed by atoms with Gasteiger partial charge in [-0.25, -0.2) is 4.98 Å². The molecular formula is C14H18N6O3. The van der Waals surface area contributed by atoms with E-state index in [0.29, 0.717) is 24.6 Å². The van der Waals surface area contributed by atoms with Gasteiger partial charge in [0.05, 0.1) is 0 Å². The number of rotatable bonds is 4. The van der Waals surface area contributed by atoms with Gasteiger partial charge in [0.1, 0.15) is 6.20 Å². The van der Waals surface area contributed by atoms with E-state index >= 15 is 0 Å². The van der Waals surface area contributed by atoms with E-state index < -0.39 is 4.92 Å². The summed E-state index contributed by atoms with van der Waals surface area (Å²) in [4.78, 5) is 28.2. The van der Waals surface area contributed by atoms with Gasteiger partial charge >= 0.3 is 5.82 Å². The Hall–Kier alpha value is -2.71. The summed E-state index contributed by atoms with van der Waals surface area (Å²) in [5.41, 5.74) is 0.422. The van der Waals surface area contributed by atoms with Crippen LogP contribution in [0.15, 0.2) is 18.3 Å². The van der Waals surface area contributed by atoms with E-state index in [1.54, 1.807) is 12.1 Å². The zero-order valence-corrected chi connectivity index (χ0v) is 13.0. The number of likely N-dealkylation sites (tertiary alicyclic amines) is 1. The highest BCUT2D eigenvalue weighted by atomic mass is 16.6. The first-order valence-electron chi connectivity index (χ1n) is 7.50. The Morgan fingerprint density at radius 3 is 2.96 bits per heavy atom. The van der Waals surface area contributed by atoms with Crippen molar-refractivity contribution in [3.05, 3.63) is 28.4 Å². The summed E-state index contributed by atoms with van der Waals surface area (Å²) in [7, 11) is 0. The van der Waals surface area contributed by atoms with Crippen LogP contribution >= 0.6 is 0 Å². The van der Waals surface area contributed by atoms with Gasteiger partial charge in [-0.3, -0.25) is 4.79 Å². The predicted molar refractivity (Wildman–Crippen MR) is 83.1 cm³/mol. The molecular weight excluding hydrogens is 300 g/mol. The van der Waals surface area contributed by atoms with E-state index in [4.69, 9.17) is 0 Å². The monoisotopic (exact) mass is 318 g/mol. The second-order valence-corrected chi connectivity index (χ2v) is 5.93. The van der Waals surface area contributed by atoms with Gasteiger partial charge in [0.25, 0.3) is 0 Å². The number of nitrogens with one attached hydrogen (secondary N) is 1. The maximum Gasteiger partial charge on any atom is 0.368 e. The quantitative estimate of drug-likeness (QED) is 0.673. The molecule has 1 aliphatic heterocycles. The van der Waals surface area contributed by atoms with E-state index in [0.717, 1.165) is 6.42 Å². The molecule has 0 spiro atoms. The minimum absolute atomic E-state index is 0.0168. The van der Waals surface area contributed by atoms with Crippen LogP contribution in [0.5, 0.6) is 0 Å². The topological polar surface area (TPSA) is 106 Å². The van der Waals surface area contributed by atoms with Gasteiger partial charge in [-0.05, 0) is 17.4 Å². The Morgan fingerprint density at radius 2 is 2.26 bits per heavy atom. The largest absolute Gasteiger partial charge is 0.368 e. The third kappa shape index (κ3) is 2.94. The molecule has 1 saturated heterocycles. The summed E-state index contributed by atoms with van der Waals surface area (Å²) >= 11 is 0. The van der Waals surface area contributed by atoms with Gasteiger partial charge in [0.2, 0.25) is 11.6 Å². The molecule has 1 aliphatic rings. The average Bonchev–Trinajstić information content (AvgIpc) is 3.12. The van der Waals surface area contributed by atoms with Crippen LogP contribution in [-0.2, 0) is 4.79 Å². The minimum Gasteiger partial charge on any atom is -0.362 e. The average molecular weight is 318 g/mol. The Bertz CT molecular complexity index is 756. The van der Waals surface area contributed by atoms with Gasteiger partial charge < -0.3 is 20.3 Å². The third-order valence-corrected chi connectivity index (χ3v) is 3.88. The Balaban J connectivity index is 1.74. The Kier molecular flexibility index (Phi) is 3.85. The van der Waals surface area contributed by atoms with Gasteiger partial charge in [-0.15, -0.1) is 0 Å². The minimum atomic E-state index is -0.518. The number of fused-ring (bicyclic) bond motifs is 1. The maximum atomic E-state index is 12.0. The van der Waals surface area contributed by atoms with Crippen LogP contribution in [0.25, 0.3) is 5.65 Å². The normalized spacial score (nSPS) is 17.9. The standard InChI is InChI=1S/C14H18N6O3/c1-9(2)14(21)18-6-5-10(8-18)16-11-3-4-12-15-7-13(20(22)23)19(12)17-11/h3-4,7,9-10H,5-6,8H2,1-2H3,(H,16,17). The first-order valence-corrected chi connectivity index (χ1v) is 7.50. The number of imidazole rings is 1. The Morgan fingerprint density at radius 1 is 1.48 bits per heavy atom. The van der Waals surface area contributed by atoms with Crippen LogP contribution in [-0.4, -0.2) is 49.5 Å². The van der Waals surface area contributed by atoms with Crippen LogP contribution in [0.2, 0.25) is 0 Å². The zero-order valence-electron chi connectivity index (χ0n) is 13.0. The number of carbonyl (C=O) groups is 1. The molecule has 0 bridgehead atoms. The lowest BCUT2D eigenvalue weighted by Gasteiger charge is -2.19. The number of amides is 1. The number of hydrogen-bond acceptors (Lipinski definition) is 6. The molecule has 0 aromatic carbocycles. The van der Waals surface area contributed by atoms with Crippen LogP contribution in [0, 0.1) is 16.0 Å². The molecule has 9 heteroatoms. The molecule has 0 aliphatic carbocycles.